The zero-order valence-corrected chi connectivity index (χ0v) is 15.7. The topological polar surface area (TPSA) is 59.2 Å². The van der Waals surface area contributed by atoms with Crippen LogP contribution in [0.2, 0.25) is 0 Å². The van der Waals surface area contributed by atoms with E-state index in [0.717, 1.165) is 10.0 Å². The molecule has 6 heteroatoms. The molecule has 1 aromatic heterocycles. The van der Waals surface area contributed by atoms with Crippen molar-refractivity contribution in [2.75, 3.05) is 7.11 Å². The van der Waals surface area contributed by atoms with E-state index in [1.165, 1.54) is 17.4 Å². The van der Waals surface area contributed by atoms with Gasteiger partial charge in [-0.25, -0.2) is 0 Å². The Morgan fingerprint density at radius 1 is 1.20 bits per heavy atom. The van der Waals surface area contributed by atoms with Gasteiger partial charge in [-0.3, -0.25) is 9.59 Å². The van der Waals surface area contributed by atoms with Gasteiger partial charge in [0.2, 0.25) is 0 Å². The predicted octanol–water partition coefficient (Wildman–Crippen LogP) is 2.70. The van der Waals surface area contributed by atoms with Crippen molar-refractivity contribution in [2.24, 2.45) is 0 Å². The zero-order chi connectivity index (χ0) is 17.8. The van der Waals surface area contributed by atoms with Gasteiger partial charge in [-0.1, -0.05) is 28.1 Å². The molecule has 3 aromatic rings. The van der Waals surface area contributed by atoms with E-state index in [-0.39, 0.29) is 11.3 Å². The van der Waals surface area contributed by atoms with Crippen LogP contribution in [0.4, 0.5) is 0 Å². The number of H-pyrrole nitrogens is 1. The van der Waals surface area contributed by atoms with Crippen LogP contribution in [0, 0.1) is 0 Å². The van der Waals surface area contributed by atoms with Gasteiger partial charge in [0.1, 0.15) is 5.75 Å². The Labute approximate surface area is 156 Å². The van der Waals surface area contributed by atoms with Crippen molar-refractivity contribution in [2.45, 2.75) is 0 Å². The molecule has 0 unspecified atom stereocenters. The van der Waals surface area contributed by atoms with E-state index in [2.05, 4.69) is 20.9 Å². The van der Waals surface area contributed by atoms with Crippen molar-refractivity contribution in [3.05, 3.63) is 83.7 Å². The maximum Gasteiger partial charge on any atom is 0.266 e. The number of ketones is 1. The maximum atomic E-state index is 12.3. The van der Waals surface area contributed by atoms with Crippen LogP contribution < -0.4 is 19.5 Å². The monoisotopic (exact) mass is 415 g/mol. The van der Waals surface area contributed by atoms with E-state index in [1.807, 2.05) is 24.3 Å². The molecule has 3 rings (SSSR count). The first-order chi connectivity index (χ1) is 12.0. The summed E-state index contributed by atoms with van der Waals surface area (Å²) in [6, 6.07) is 14.5. The number of hydrogen-bond donors (Lipinski definition) is 1. The summed E-state index contributed by atoms with van der Waals surface area (Å²) in [6.07, 6.45) is 3.23. The van der Waals surface area contributed by atoms with E-state index in [0.29, 0.717) is 20.5 Å². The molecule has 126 valence electrons. The van der Waals surface area contributed by atoms with Crippen molar-refractivity contribution >= 4 is 45.2 Å². The second-order valence-corrected chi connectivity index (χ2v) is 7.22. The number of hydrogen-bond acceptors (Lipinski definition) is 4. The second kappa shape index (κ2) is 7.63. The van der Waals surface area contributed by atoms with Crippen LogP contribution in [0.3, 0.4) is 0 Å². The van der Waals surface area contributed by atoms with E-state index >= 15 is 0 Å². The molecule has 1 heterocycles. The first-order valence-electron chi connectivity index (χ1n) is 7.42. The largest absolute Gasteiger partial charge is 0.497 e. The molecule has 0 aliphatic carbocycles. The lowest BCUT2D eigenvalue weighted by atomic mass is 10.1. The van der Waals surface area contributed by atoms with Crippen LogP contribution in [-0.2, 0) is 0 Å². The minimum Gasteiger partial charge on any atom is -0.497 e. The predicted molar refractivity (Wildman–Crippen MR) is 104 cm³/mol. The molecule has 25 heavy (non-hydrogen) atoms. The number of methoxy groups -OCH3 is 1. The number of carbonyl (C=O) groups is 1. The Bertz CT molecular complexity index is 1080. The summed E-state index contributed by atoms with van der Waals surface area (Å²) in [4.78, 5) is 27.1. The van der Waals surface area contributed by atoms with Crippen molar-refractivity contribution in [3.8, 4) is 5.75 Å². The fraction of sp³-hybridized carbons (Fsp3) is 0.0526. The van der Waals surface area contributed by atoms with Crippen molar-refractivity contribution < 1.29 is 9.53 Å². The third-order valence-electron chi connectivity index (χ3n) is 3.46. The molecular weight excluding hydrogens is 402 g/mol. The number of aromatic nitrogens is 1. The molecule has 0 saturated heterocycles. The number of ether oxygens (including phenoxy) is 1. The number of Topliss-reactive ketones (excluding diaryl/α,β-unsaturated/α-hetero) is 1. The number of rotatable bonds is 4. The number of nitrogens with one attached hydrogen (secondary N) is 1. The van der Waals surface area contributed by atoms with E-state index in [1.54, 1.807) is 37.5 Å². The third-order valence-corrected chi connectivity index (χ3v) is 4.92. The molecule has 0 aliphatic rings. The van der Waals surface area contributed by atoms with Crippen LogP contribution in [0.1, 0.15) is 15.9 Å². The molecule has 0 saturated carbocycles. The highest BCUT2D eigenvalue weighted by Gasteiger charge is 2.04. The first-order valence-corrected chi connectivity index (χ1v) is 9.02. The number of thiazole rings is 1. The smallest absolute Gasteiger partial charge is 0.266 e. The molecule has 0 amide bonds. The number of aromatic amines is 1. The molecule has 1 N–H and O–H groups in total. The maximum absolute atomic E-state index is 12.3. The highest BCUT2D eigenvalue weighted by molar-refractivity contribution is 9.10. The average Bonchev–Trinajstić information content (AvgIpc) is 2.94. The molecule has 2 aromatic carbocycles. The molecule has 0 aliphatic heterocycles. The fourth-order valence-electron chi connectivity index (χ4n) is 2.23. The SMILES string of the molecule is COc1ccc(C(=O)C=c2[nH]c(=O)c(=Cc3cccc(Br)c3)s2)cc1. The summed E-state index contributed by atoms with van der Waals surface area (Å²) in [5.74, 6) is 0.515. The highest BCUT2D eigenvalue weighted by atomic mass is 79.9. The van der Waals surface area contributed by atoms with Gasteiger partial charge in [-0.2, -0.15) is 0 Å². The van der Waals surface area contributed by atoms with E-state index < -0.39 is 0 Å². The molecule has 4 nitrogen and oxygen atoms in total. The lowest BCUT2D eigenvalue weighted by Gasteiger charge is -1.99. The van der Waals surface area contributed by atoms with Gasteiger partial charge >= 0.3 is 0 Å². The minimum absolute atomic E-state index is 0.172. The molecule has 0 atom stereocenters. The summed E-state index contributed by atoms with van der Waals surface area (Å²) in [6.45, 7) is 0. The normalized spacial score (nSPS) is 12.4. The quantitative estimate of drug-likeness (QED) is 0.666. The summed E-state index contributed by atoms with van der Waals surface area (Å²) < 4.78 is 7.09. The minimum atomic E-state index is -0.209. The van der Waals surface area contributed by atoms with Gasteiger partial charge < -0.3 is 9.72 Å². The Morgan fingerprint density at radius 2 is 1.96 bits per heavy atom. The van der Waals surface area contributed by atoms with Crippen molar-refractivity contribution in [3.63, 3.8) is 0 Å². The lowest BCUT2D eigenvalue weighted by molar-refractivity contribution is 0.106. The van der Waals surface area contributed by atoms with Crippen molar-refractivity contribution in [1.29, 1.82) is 0 Å². The van der Waals surface area contributed by atoms with Gasteiger partial charge in [0.05, 0.1) is 16.3 Å². The molecule has 0 fully saturated rings. The van der Waals surface area contributed by atoms with Crippen molar-refractivity contribution in [1.82, 2.24) is 4.98 Å². The lowest BCUT2D eigenvalue weighted by Crippen LogP contribution is -2.20. The summed E-state index contributed by atoms with van der Waals surface area (Å²) in [5, 5.41) is 0. The average molecular weight is 416 g/mol. The van der Waals surface area contributed by atoms with Crippen LogP contribution in [0.5, 0.6) is 5.75 Å². The third kappa shape index (κ3) is 4.35. The second-order valence-electron chi connectivity index (χ2n) is 5.22. The van der Waals surface area contributed by atoms with Crippen LogP contribution in [-0.4, -0.2) is 17.9 Å². The first kappa shape index (κ1) is 17.4. The molecule has 0 spiro atoms. The van der Waals surface area contributed by atoms with E-state index in [9.17, 15) is 9.59 Å². The fourth-order valence-corrected chi connectivity index (χ4v) is 3.53. The van der Waals surface area contributed by atoms with E-state index in [4.69, 9.17) is 4.74 Å². The Kier molecular flexibility index (Phi) is 5.31. The van der Waals surface area contributed by atoms with Crippen LogP contribution in [0.25, 0.3) is 12.2 Å². The highest BCUT2D eigenvalue weighted by Crippen LogP contribution is 2.12. The number of carbonyl (C=O) groups excluding carboxylic acids is 1. The number of benzene rings is 2. The molecule has 0 radical (unpaired) electrons. The Balaban J connectivity index is 1.94. The summed E-state index contributed by atoms with van der Waals surface area (Å²) >= 11 is 4.66. The van der Waals surface area contributed by atoms with Gasteiger partial charge in [-0.15, -0.1) is 11.3 Å². The standard InChI is InChI=1S/C19H14BrNO3S/c1-24-15-7-5-13(6-8-15)16(22)11-18-21-19(23)17(25-18)10-12-3-2-4-14(20)9-12/h2-11H,1H3,(H,21,23). The molecular formula is C19H14BrNO3S. The number of halogens is 1. The summed E-state index contributed by atoms with van der Waals surface area (Å²) in [7, 11) is 1.57. The van der Waals surface area contributed by atoms with Crippen LogP contribution in [0.15, 0.2) is 57.8 Å². The Morgan fingerprint density at radius 3 is 2.64 bits per heavy atom. The van der Waals surface area contributed by atoms with Gasteiger partial charge in [-0.05, 0) is 48.0 Å². The Hall–Kier alpha value is -2.44. The van der Waals surface area contributed by atoms with Crippen LogP contribution >= 0.6 is 27.3 Å². The summed E-state index contributed by atoms with van der Waals surface area (Å²) in [5.41, 5.74) is 1.24. The van der Waals surface area contributed by atoms with Gasteiger partial charge in [0, 0.05) is 16.1 Å². The van der Waals surface area contributed by atoms with Gasteiger partial charge in [0.15, 0.2) is 5.78 Å². The van der Waals surface area contributed by atoms with Gasteiger partial charge in [0.25, 0.3) is 5.56 Å². The zero-order valence-electron chi connectivity index (χ0n) is 13.3. The molecule has 0 bridgehead atoms.